The Labute approximate surface area is 102 Å². The summed E-state index contributed by atoms with van der Waals surface area (Å²) in [4.78, 5) is 0. The molecule has 2 nitrogen and oxygen atoms in total. The summed E-state index contributed by atoms with van der Waals surface area (Å²) in [6, 6.07) is 14.2. The van der Waals surface area contributed by atoms with Crippen LogP contribution in [0.25, 0.3) is 10.8 Å². The van der Waals surface area contributed by atoms with E-state index in [1.807, 2.05) is 31.2 Å². The molecule has 0 saturated carbocycles. The van der Waals surface area contributed by atoms with Crippen molar-refractivity contribution in [3.63, 3.8) is 0 Å². The highest BCUT2D eigenvalue weighted by Crippen LogP contribution is 2.26. The molecule has 0 radical (unpaired) electrons. The van der Waals surface area contributed by atoms with Crippen molar-refractivity contribution >= 4 is 10.8 Å². The molecule has 2 heteroatoms. The Hall–Kier alpha value is -1.54. The van der Waals surface area contributed by atoms with Crippen LogP contribution in [0.2, 0.25) is 0 Å². The number of benzene rings is 2. The molecule has 2 aromatic carbocycles. The molecule has 0 fully saturated rings. The van der Waals surface area contributed by atoms with Gasteiger partial charge in [-0.05, 0) is 25.3 Å². The first-order valence-electron chi connectivity index (χ1n) is 5.99. The first-order chi connectivity index (χ1) is 8.16. The van der Waals surface area contributed by atoms with Gasteiger partial charge in [-0.3, -0.25) is 0 Å². The zero-order chi connectivity index (χ0) is 12.3. The van der Waals surface area contributed by atoms with Gasteiger partial charge < -0.3 is 9.84 Å². The van der Waals surface area contributed by atoms with Gasteiger partial charge in [0.2, 0.25) is 0 Å². The van der Waals surface area contributed by atoms with Gasteiger partial charge in [0.15, 0.2) is 0 Å². The second kappa shape index (κ2) is 5.19. The maximum absolute atomic E-state index is 9.33. The van der Waals surface area contributed by atoms with Gasteiger partial charge in [-0.2, -0.15) is 0 Å². The van der Waals surface area contributed by atoms with Gasteiger partial charge in [0.1, 0.15) is 5.75 Å². The third kappa shape index (κ3) is 2.98. The molecule has 0 amide bonds. The van der Waals surface area contributed by atoms with E-state index in [0.29, 0.717) is 6.42 Å². The van der Waals surface area contributed by atoms with E-state index in [9.17, 15) is 5.11 Å². The number of rotatable bonds is 4. The Morgan fingerprint density at radius 2 is 1.76 bits per heavy atom. The minimum absolute atomic E-state index is 0.0146. The lowest BCUT2D eigenvalue weighted by Gasteiger charge is -2.17. The summed E-state index contributed by atoms with van der Waals surface area (Å²) in [6.07, 6.45) is 0.323. The summed E-state index contributed by atoms with van der Waals surface area (Å²) >= 11 is 0. The molecule has 2 aromatic rings. The third-order valence-electron chi connectivity index (χ3n) is 2.75. The monoisotopic (exact) mass is 230 g/mol. The molecule has 0 spiro atoms. The lowest BCUT2D eigenvalue weighted by Crippen LogP contribution is -2.18. The molecular weight excluding hydrogens is 212 g/mol. The van der Waals surface area contributed by atoms with E-state index >= 15 is 0 Å². The average molecular weight is 230 g/mol. The Bertz CT molecular complexity index is 486. The van der Waals surface area contributed by atoms with Gasteiger partial charge in [0.25, 0.3) is 0 Å². The van der Waals surface area contributed by atoms with Crippen LogP contribution >= 0.6 is 0 Å². The number of hydrogen-bond donors (Lipinski definition) is 1. The third-order valence-corrected chi connectivity index (χ3v) is 2.75. The predicted octanol–water partition coefficient (Wildman–Crippen LogP) is 3.38. The van der Waals surface area contributed by atoms with Crippen LogP contribution in [0.1, 0.15) is 20.3 Å². The fourth-order valence-electron chi connectivity index (χ4n) is 2.04. The standard InChI is InChI=1S/C15H18O2/c1-11(16)10-12(2)17-15-9-5-7-13-6-3-4-8-14(13)15/h3-9,11-12,16H,10H2,1-2H3. The molecule has 0 aliphatic carbocycles. The predicted molar refractivity (Wildman–Crippen MR) is 70.3 cm³/mol. The quantitative estimate of drug-likeness (QED) is 0.872. The van der Waals surface area contributed by atoms with Crippen LogP contribution in [0.15, 0.2) is 42.5 Å². The lowest BCUT2D eigenvalue weighted by atomic mass is 10.1. The minimum atomic E-state index is -0.333. The van der Waals surface area contributed by atoms with Crippen molar-refractivity contribution in [3.8, 4) is 5.75 Å². The fraction of sp³-hybridized carbons (Fsp3) is 0.333. The summed E-state index contributed by atoms with van der Waals surface area (Å²) in [6.45, 7) is 3.76. The SMILES string of the molecule is CC(O)CC(C)Oc1cccc2ccccc12. The van der Waals surface area contributed by atoms with E-state index in [4.69, 9.17) is 4.74 Å². The maximum atomic E-state index is 9.33. The lowest BCUT2D eigenvalue weighted by molar-refractivity contribution is 0.116. The van der Waals surface area contributed by atoms with Gasteiger partial charge >= 0.3 is 0 Å². The van der Waals surface area contributed by atoms with Crippen LogP contribution in [0.4, 0.5) is 0 Å². The molecule has 0 aromatic heterocycles. The van der Waals surface area contributed by atoms with Crippen molar-refractivity contribution < 1.29 is 9.84 Å². The summed E-state index contributed by atoms with van der Waals surface area (Å²) in [7, 11) is 0. The fourth-order valence-corrected chi connectivity index (χ4v) is 2.04. The molecule has 1 N–H and O–H groups in total. The molecule has 0 aliphatic heterocycles. The molecule has 0 heterocycles. The second-order valence-electron chi connectivity index (χ2n) is 4.49. The minimum Gasteiger partial charge on any atom is -0.490 e. The molecule has 2 rings (SSSR count). The molecule has 90 valence electrons. The second-order valence-corrected chi connectivity index (χ2v) is 4.49. The van der Waals surface area contributed by atoms with Gasteiger partial charge in [-0.25, -0.2) is 0 Å². The molecule has 2 unspecified atom stereocenters. The van der Waals surface area contributed by atoms with Gasteiger partial charge in [-0.15, -0.1) is 0 Å². The highest BCUT2D eigenvalue weighted by Gasteiger charge is 2.09. The number of fused-ring (bicyclic) bond motifs is 1. The molecule has 0 bridgehead atoms. The number of aliphatic hydroxyl groups is 1. The van der Waals surface area contributed by atoms with Crippen molar-refractivity contribution in [2.75, 3.05) is 0 Å². The van der Waals surface area contributed by atoms with E-state index in [0.717, 1.165) is 11.1 Å². The Morgan fingerprint density at radius 1 is 1.06 bits per heavy atom. The van der Waals surface area contributed by atoms with Crippen molar-refractivity contribution in [2.24, 2.45) is 0 Å². The number of hydrogen-bond acceptors (Lipinski definition) is 2. The highest BCUT2D eigenvalue weighted by molar-refractivity contribution is 5.88. The number of ether oxygens (including phenoxy) is 1. The zero-order valence-electron chi connectivity index (χ0n) is 10.3. The van der Waals surface area contributed by atoms with Crippen molar-refractivity contribution in [2.45, 2.75) is 32.5 Å². The normalized spacial score (nSPS) is 14.5. The molecule has 0 aliphatic rings. The van der Waals surface area contributed by atoms with Crippen LogP contribution in [0, 0.1) is 0 Å². The maximum Gasteiger partial charge on any atom is 0.127 e. The van der Waals surface area contributed by atoms with Crippen LogP contribution < -0.4 is 4.74 Å². The Kier molecular flexibility index (Phi) is 3.64. The van der Waals surface area contributed by atoms with Gasteiger partial charge in [-0.1, -0.05) is 36.4 Å². The Morgan fingerprint density at radius 3 is 2.53 bits per heavy atom. The summed E-state index contributed by atoms with van der Waals surface area (Å²) in [5, 5.41) is 11.6. The summed E-state index contributed by atoms with van der Waals surface area (Å²) in [5.41, 5.74) is 0. The first kappa shape index (κ1) is 11.9. The van der Waals surface area contributed by atoms with Gasteiger partial charge in [0, 0.05) is 11.8 Å². The van der Waals surface area contributed by atoms with E-state index in [1.165, 1.54) is 5.39 Å². The van der Waals surface area contributed by atoms with Crippen molar-refractivity contribution in [1.29, 1.82) is 0 Å². The summed E-state index contributed by atoms with van der Waals surface area (Å²) in [5.74, 6) is 0.885. The van der Waals surface area contributed by atoms with Crippen molar-refractivity contribution in [3.05, 3.63) is 42.5 Å². The first-order valence-corrected chi connectivity index (χ1v) is 5.99. The average Bonchev–Trinajstić information content (AvgIpc) is 2.28. The number of aliphatic hydroxyl groups excluding tert-OH is 1. The van der Waals surface area contributed by atoms with Crippen molar-refractivity contribution in [1.82, 2.24) is 0 Å². The van der Waals surface area contributed by atoms with E-state index < -0.39 is 0 Å². The zero-order valence-corrected chi connectivity index (χ0v) is 10.3. The van der Waals surface area contributed by atoms with Crippen LogP contribution in [0.3, 0.4) is 0 Å². The van der Waals surface area contributed by atoms with Crippen LogP contribution in [-0.4, -0.2) is 17.3 Å². The molecular formula is C15H18O2. The van der Waals surface area contributed by atoms with Crippen LogP contribution in [0.5, 0.6) is 5.75 Å². The Balaban J connectivity index is 2.24. The van der Waals surface area contributed by atoms with Crippen LogP contribution in [-0.2, 0) is 0 Å². The smallest absolute Gasteiger partial charge is 0.127 e. The summed E-state index contributed by atoms with van der Waals surface area (Å²) < 4.78 is 5.88. The molecule has 2 atom stereocenters. The molecule has 0 saturated heterocycles. The topological polar surface area (TPSA) is 29.5 Å². The van der Waals surface area contributed by atoms with E-state index in [1.54, 1.807) is 6.92 Å². The largest absolute Gasteiger partial charge is 0.490 e. The highest BCUT2D eigenvalue weighted by atomic mass is 16.5. The molecule has 17 heavy (non-hydrogen) atoms. The van der Waals surface area contributed by atoms with Gasteiger partial charge in [0.05, 0.1) is 12.2 Å². The van der Waals surface area contributed by atoms with E-state index in [2.05, 4.69) is 18.2 Å². The van der Waals surface area contributed by atoms with E-state index in [-0.39, 0.29) is 12.2 Å².